The van der Waals surface area contributed by atoms with E-state index in [2.05, 4.69) is 10.1 Å². The molecule has 0 spiro atoms. The summed E-state index contributed by atoms with van der Waals surface area (Å²) >= 11 is 0. The average molecular weight is 261 g/mol. The number of para-hydroxylation sites is 1. The van der Waals surface area contributed by atoms with Crippen LogP contribution in [0.5, 0.6) is 0 Å². The molecule has 0 atom stereocenters. The van der Waals surface area contributed by atoms with E-state index in [1.165, 1.54) is 10.7 Å². The zero-order valence-corrected chi connectivity index (χ0v) is 10.8. The van der Waals surface area contributed by atoms with Crippen molar-refractivity contribution >= 4 is 11.4 Å². The predicted molar refractivity (Wildman–Crippen MR) is 71.2 cm³/mol. The molecule has 100 valence electrons. The lowest BCUT2D eigenvalue weighted by atomic mass is 10.2. The molecule has 0 amide bonds. The molecular formula is C12H15N5O2. The van der Waals surface area contributed by atoms with E-state index in [1.807, 2.05) is 13.8 Å². The second kappa shape index (κ2) is 5.05. The highest BCUT2D eigenvalue weighted by atomic mass is 16.6. The monoisotopic (exact) mass is 261 g/mol. The minimum Gasteiger partial charge on any atom is -0.393 e. The summed E-state index contributed by atoms with van der Waals surface area (Å²) in [5.74, 6) is 1.35. The van der Waals surface area contributed by atoms with Gasteiger partial charge in [0.2, 0.25) is 0 Å². The van der Waals surface area contributed by atoms with Gasteiger partial charge in [-0.05, 0) is 12.1 Å². The maximum absolute atomic E-state index is 11.2. The molecule has 0 saturated carbocycles. The molecule has 0 bridgehead atoms. The summed E-state index contributed by atoms with van der Waals surface area (Å²) < 4.78 is 1.51. The molecule has 19 heavy (non-hydrogen) atoms. The van der Waals surface area contributed by atoms with E-state index < -0.39 is 4.92 Å². The van der Waals surface area contributed by atoms with E-state index in [9.17, 15) is 10.1 Å². The standard InChI is InChI=1S/C12H15N5O2/c1-3-10-14-11(4-2)16(15-10)9-7-5-6-8(13)12(9)17(18)19/h5-7H,3-4,13H2,1-2H3. The smallest absolute Gasteiger partial charge is 0.317 e. The molecule has 0 aliphatic heterocycles. The quantitative estimate of drug-likeness (QED) is 0.514. The first-order chi connectivity index (χ1) is 9.08. The van der Waals surface area contributed by atoms with Crippen molar-refractivity contribution in [3.63, 3.8) is 0 Å². The summed E-state index contributed by atoms with van der Waals surface area (Å²) in [5, 5.41) is 15.5. The molecule has 2 N–H and O–H groups in total. The number of nitro benzene ring substituents is 1. The third-order valence-corrected chi connectivity index (χ3v) is 2.81. The Hall–Kier alpha value is -2.44. The number of aromatic nitrogens is 3. The number of benzene rings is 1. The number of hydrogen-bond donors (Lipinski definition) is 1. The zero-order valence-electron chi connectivity index (χ0n) is 10.8. The van der Waals surface area contributed by atoms with Gasteiger partial charge in [0.1, 0.15) is 17.2 Å². The number of hydrogen-bond acceptors (Lipinski definition) is 5. The normalized spacial score (nSPS) is 10.6. The number of nitro groups is 1. The van der Waals surface area contributed by atoms with Gasteiger partial charge in [-0.1, -0.05) is 19.9 Å². The fraction of sp³-hybridized carbons (Fsp3) is 0.333. The first kappa shape index (κ1) is 13.0. The summed E-state index contributed by atoms with van der Waals surface area (Å²) in [6.07, 6.45) is 1.31. The number of anilines is 1. The zero-order chi connectivity index (χ0) is 14.0. The Morgan fingerprint density at radius 2 is 2.11 bits per heavy atom. The fourth-order valence-corrected chi connectivity index (χ4v) is 1.88. The van der Waals surface area contributed by atoms with Crippen molar-refractivity contribution in [1.29, 1.82) is 0 Å². The van der Waals surface area contributed by atoms with Crippen LogP contribution in [0.2, 0.25) is 0 Å². The second-order valence-corrected chi connectivity index (χ2v) is 4.04. The van der Waals surface area contributed by atoms with Crippen molar-refractivity contribution in [3.8, 4) is 5.69 Å². The van der Waals surface area contributed by atoms with Crippen LogP contribution in [0.4, 0.5) is 11.4 Å². The molecule has 1 aromatic carbocycles. The van der Waals surface area contributed by atoms with Gasteiger partial charge in [-0.3, -0.25) is 10.1 Å². The Bertz CT molecular complexity index is 621. The van der Waals surface area contributed by atoms with E-state index in [4.69, 9.17) is 5.73 Å². The van der Waals surface area contributed by atoms with Gasteiger partial charge in [-0.2, -0.15) is 5.10 Å². The third-order valence-electron chi connectivity index (χ3n) is 2.81. The topological polar surface area (TPSA) is 99.9 Å². The lowest BCUT2D eigenvalue weighted by Crippen LogP contribution is -2.07. The second-order valence-electron chi connectivity index (χ2n) is 4.04. The summed E-state index contributed by atoms with van der Waals surface area (Å²) in [5.41, 5.74) is 6.03. The molecule has 2 rings (SSSR count). The molecular weight excluding hydrogens is 246 g/mol. The summed E-state index contributed by atoms with van der Waals surface area (Å²) in [7, 11) is 0. The fourth-order valence-electron chi connectivity index (χ4n) is 1.88. The largest absolute Gasteiger partial charge is 0.393 e. The maximum atomic E-state index is 11.2. The van der Waals surface area contributed by atoms with Crippen LogP contribution in [0.1, 0.15) is 25.5 Å². The van der Waals surface area contributed by atoms with E-state index in [1.54, 1.807) is 12.1 Å². The van der Waals surface area contributed by atoms with Crippen molar-refractivity contribution in [2.24, 2.45) is 0 Å². The van der Waals surface area contributed by atoms with Crippen LogP contribution >= 0.6 is 0 Å². The van der Waals surface area contributed by atoms with E-state index >= 15 is 0 Å². The minimum absolute atomic E-state index is 0.123. The maximum Gasteiger partial charge on any atom is 0.317 e. The van der Waals surface area contributed by atoms with Crippen LogP contribution < -0.4 is 5.73 Å². The Labute approximate surface area is 110 Å². The first-order valence-electron chi connectivity index (χ1n) is 6.06. The first-order valence-corrected chi connectivity index (χ1v) is 6.06. The lowest BCUT2D eigenvalue weighted by molar-refractivity contribution is -0.383. The number of nitrogen functional groups attached to an aromatic ring is 1. The van der Waals surface area contributed by atoms with Gasteiger partial charge in [0.15, 0.2) is 5.82 Å². The number of nitrogens with two attached hydrogens (primary N) is 1. The molecule has 7 nitrogen and oxygen atoms in total. The Balaban J connectivity index is 2.68. The van der Waals surface area contributed by atoms with Gasteiger partial charge in [-0.15, -0.1) is 0 Å². The molecule has 0 fully saturated rings. The molecule has 0 aliphatic rings. The SMILES string of the molecule is CCc1nc(CC)n(-c2cccc(N)c2[N+](=O)[O-])n1. The molecule has 7 heteroatoms. The van der Waals surface area contributed by atoms with Crippen molar-refractivity contribution in [3.05, 3.63) is 40.0 Å². The highest BCUT2D eigenvalue weighted by Crippen LogP contribution is 2.29. The van der Waals surface area contributed by atoms with Crippen LogP contribution in [0.25, 0.3) is 5.69 Å². The van der Waals surface area contributed by atoms with E-state index in [-0.39, 0.29) is 11.4 Å². The molecule has 0 unspecified atom stereocenters. The predicted octanol–water partition coefficient (Wildman–Crippen LogP) is 1.88. The van der Waals surface area contributed by atoms with E-state index in [0.717, 1.165) is 0 Å². The molecule has 1 aromatic heterocycles. The molecule has 0 saturated heterocycles. The van der Waals surface area contributed by atoms with Crippen LogP contribution in [0.3, 0.4) is 0 Å². The number of rotatable bonds is 4. The summed E-state index contributed by atoms with van der Waals surface area (Å²) in [6.45, 7) is 3.87. The Morgan fingerprint density at radius 1 is 1.37 bits per heavy atom. The van der Waals surface area contributed by atoms with Gasteiger partial charge < -0.3 is 5.73 Å². The van der Waals surface area contributed by atoms with Crippen molar-refractivity contribution in [1.82, 2.24) is 14.8 Å². The molecule has 1 heterocycles. The third kappa shape index (κ3) is 2.26. The number of aryl methyl sites for hydroxylation is 2. The average Bonchev–Trinajstić information content (AvgIpc) is 2.81. The Morgan fingerprint density at radius 3 is 2.68 bits per heavy atom. The van der Waals surface area contributed by atoms with E-state index in [0.29, 0.717) is 30.2 Å². The van der Waals surface area contributed by atoms with Crippen molar-refractivity contribution < 1.29 is 4.92 Å². The minimum atomic E-state index is -0.489. The van der Waals surface area contributed by atoms with Gasteiger partial charge in [0, 0.05) is 12.8 Å². The van der Waals surface area contributed by atoms with Crippen LogP contribution in [-0.4, -0.2) is 19.7 Å². The van der Waals surface area contributed by atoms with Gasteiger partial charge in [0.25, 0.3) is 0 Å². The van der Waals surface area contributed by atoms with Crippen molar-refractivity contribution in [2.45, 2.75) is 26.7 Å². The molecule has 0 radical (unpaired) electrons. The Kier molecular flexibility index (Phi) is 3.46. The highest BCUT2D eigenvalue weighted by molar-refractivity contribution is 5.68. The lowest BCUT2D eigenvalue weighted by Gasteiger charge is -2.06. The van der Waals surface area contributed by atoms with Crippen LogP contribution in [0.15, 0.2) is 18.2 Å². The van der Waals surface area contributed by atoms with Crippen molar-refractivity contribution in [2.75, 3.05) is 5.73 Å². The highest BCUT2D eigenvalue weighted by Gasteiger charge is 2.22. The van der Waals surface area contributed by atoms with Gasteiger partial charge >= 0.3 is 5.69 Å². The van der Waals surface area contributed by atoms with Gasteiger partial charge in [-0.25, -0.2) is 9.67 Å². The number of nitrogens with zero attached hydrogens (tertiary/aromatic N) is 4. The van der Waals surface area contributed by atoms with Gasteiger partial charge in [0.05, 0.1) is 4.92 Å². The molecule has 2 aromatic rings. The summed E-state index contributed by atoms with van der Waals surface area (Å²) in [6, 6.07) is 4.80. The van der Waals surface area contributed by atoms with Crippen LogP contribution in [0, 0.1) is 10.1 Å². The van der Waals surface area contributed by atoms with Crippen LogP contribution in [-0.2, 0) is 12.8 Å². The molecule has 0 aliphatic carbocycles. The summed E-state index contributed by atoms with van der Waals surface area (Å²) in [4.78, 5) is 15.0.